The molecule has 7 aromatic carbocycles. The minimum absolute atomic E-state index is 0.0474. The Balaban J connectivity index is 1.30. The molecule has 5 nitrogen and oxygen atoms in total. The Morgan fingerprint density at radius 2 is 0.500 bits per heavy atom. The third-order valence-corrected chi connectivity index (χ3v) is 23.4. The summed E-state index contributed by atoms with van der Waals surface area (Å²) in [7, 11) is -13.3. The first-order valence-electron chi connectivity index (χ1n) is 24.9. The van der Waals surface area contributed by atoms with Crippen molar-refractivity contribution < 1.29 is 48.9 Å². The third-order valence-electron chi connectivity index (χ3n) is 13.7. The summed E-state index contributed by atoms with van der Waals surface area (Å²) in [6.45, 7) is 0. The van der Waals surface area contributed by atoms with Crippen molar-refractivity contribution in [2.24, 2.45) is 0 Å². The molecule has 0 saturated carbocycles. The van der Waals surface area contributed by atoms with Gasteiger partial charge in [-0.05, 0) is 0 Å². The molecule has 7 aromatic rings. The number of benzene rings is 7. The second-order valence-electron chi connectivity index (χ2n) is 18.5. The van der Waals surface area contributed by atoms with Gasteiger partial charge in [0, 0.05) is 0 Å². The van der Waals surface area contributed by atoms with Gasteiger partial charge in [-0.3, -0.25) is 0 Å². The maximum absolute atomic E-state index is 15.1. The van der Waals surface area contributed by atoms with Crippen molar-refractivity contribution >= 4 is 53.3 Å². The van der Waals surface area contributed by atoms with E-state index in [0.717, 1.165) is 22.3 Å². The maximum atomic E-state index is 15.1. The Morgan fingerprint density at radius 1 is 0.269 bits per heavy atom. The molecule has 0 saturated heterocycles. The number of hydrogen-bond donors (Lipinski definition) is 0. The number of fused-ring (bicyclic) bond motifs is 2. The molecule has 0 aliphatic heterocycles. The summed E-state index contributed by atoms with van der Waals surface area (Å²) in [6.07, 6.45) is -10.5. The molecule has 0 N–H and O–H groups in total. The van der Waals surface area contributed by atoms with Gasteiger partial charge in [-0.15, -0.1) is 0 Å². The molecule has 78 heavy (non-hydrogen) atoms. The van der Waals surface area contributed by atoms with Crippen LogP contribution in [0.25, 0.3) is 22.3 Å². The van der Waals surface area contributed by atoms with E-state index in [-0.39, 0.29) is 6.07 Å². The van der Waals surface area contributed by atoms with E-state index in [1.54, 1.807) is 72.8 Å². The fourth-order valence-electron chi connectivity index (χ4n) is 10.2. The van der Waals surface area contributed by atoms with Crippen LogP contribution in [0.3, 0.4) is 0 Å². The van der Waals surface area contributed by atoms with Gasteiger partial charge < -0.3 is 0 Å². The summed E-state index contributed by atoms with van der Waals surface area (Å²) < 4.78 is 129. The average Bonchev–Trinajstić information content (AvgIpc) is 2.37. The summed E-state index contributed by atoms with van der Waals surface area (Å²) >= 11 is 0. The van der Waals surface area contributed by atoms with Gasteiger partial charge in [0.15, 0.2) is 0 Å². The Hall–Kier alpha value is -8.24. The normalized spacial score (nSPS) is 13.2. The molecule has 14 heteroatoms. The number of rotatable bonds is 16. The van der Waals surface area contributed by atoms with Crippen LogP contribution in [0.5, 0.6) is 17.2 Å². The molecular weight excluding hydrogens is 1040 g/mol. The Bertz CT molecular complexity index is 3250. The number of hydrogen-bond acceptors (Lipinski definition) is 5. The fraction of sp³-hybridized carbons (Fsp3) is 0.0312. The first-order valence-corrected chi connectivity index (χ1v) is 29.0. The van der Waals surface area contributed by atoms with E-state index in [2.05, 4.69) is 0 Å². The van der Waals surface area contributed by atoms with Gasteiger partial charge in [0.1, 0.15) is 0 Å². The molecule has 0 unspecified atom stereocenters. The van der Waals surface area contributed by atoms with E-state index >= 15 is 26.3 Å². The van der Waals surface area contributed by atoms with E-state index in [1.807, 2.05) is 194 Å². The standard InChI is InChI=1S/C64H47BF6O5P2/c66-63(67,68)52-45-53(64(69,70)71)47-54(46-52)72-65(75-77(57-29-13-3-14-30-57,58-31-15-4-16-32-58,59-33-17-5-18-34-59)73-55-41-48-25-9-1-10-26-49(48)42-55)76-78(60-35-19-6-20-36-60,61-37-21-7-22-38-61,62-39-23-8-24-40-62)74-56-43-50-27-11-2-12-28-51(50)44-56/h1-47H. The van der Waals surface area contributed by atoms with Gasteiger partial charge in [0.2, 0.25) is 0 Å². The van der Waals surface area contributed by atoms with Crippen molar-refractivity contribution in [3.63, 3.8) is 0 Å². The Kier molecular flexibility index (Phi) is 13.7. The predicted molar refractivity (Wildman–Crippen MR) is 303 cm³/mol. The molecule has 0 atom stereocenters. The number of alkyl halides is 6. The molecule has 0 amide bonds. The Labute approximate surface area is 448 Å². The molecule has 0 fully saturated rings. The summed E-state index contributed by atoms with van der Waals surface area (Å²) in [5, 5.41) is 2.61. The molecule has 11 rings (SSSR count). The van der Waals surface area contributed by atoms with Crippen molar-refractivity contribution in [2.45, 2.75) is 12.4 Å². The molecule has 0 bridgehead atoms. The molecule has 0 spiro atoms. The van der Waals surface area contributed by atoms with Crippen LogP contribution in [0.2, 0.25) is 0 Å². The van der Waals surface area contributed by atoms with Crippen molar-refractivity contribution in [1.29, 1.82) is 0 Å². The van der Waals surface area contributed by atoms with Crippen LogP contribution in [0.1, 0.15) is 11.1 Å². The molecule has 4 aliphatic carbocycles. The molecular formula is C64H47BF6O5P2. The fourth-order valence-corrected chi connectivity index (χ4v) is 19.6. The minimum atomic E-state index is -5.47. The van der Waals surface area contributed by atoms with Crippen LogP contribution in [-0.4, -0.2) is 7.32 Å². The predicted octanol–water partition coefficient (Wildman–Crippen LogP) is 15.2. The Morgan fingerprint density at radius 3 is 0.731 bits per heavy atom. The summed E-state index contributed by atoms with van der Waals surface area (Å²) in [5.74, 6) is -0.235. The second-order valence-corrected chi connectivity index (χ2v) is 26.2. The zero-order chi connectivity index (χ0) is 53.9. The van der Waals surface area contributed by atoms with Crippen LogP contribution >= 0.6 is 14.1 Å². The van der Waals surface area contributed by atoms with Gasteiger partial charge in [-0.2, -0.15) is 0 Å². The third kappa shape index (κ3) is 9.35. The zero-order valence-electron chi connectivity index (χ0n) is 41.4. The molecule has 0 heterocycles. The summed E-state index contributed by atoms with van der Waals surface area (Å²) in [4.78, 5) is 0. The average molecular weight is 1080 g/mol. The van der Waals surface area contributed by atoms with Gasteiger partial charge >= 0.3 is 450 Å². The zero-order valence-corrected chi connectivity index (χ0v) is 43.2. The SMILES string of the molecule is FC(F)(F)c1cc(OB(OP(Oc2cc3cccccc-3c2)(c2ccccc2)(c2ccccc2)c2ccccc2)OP(Oc2cc3cccccc-3c2)(c2ccccc2)(c2ccccc2)c2ccccc2)cc(C(F)(F)F)c1. The molecule has 4 aliphatic rings. The monoisotopic (exact) mass is 1080 g/mol. The number of halogens is 6. The van der Waals surface area contributed by atoms with E-state index in [1.165, 1.54) is 0 Å². The van der Waals surface area contributed by atoms with Crippen LogP contribution in [0.15, 0.2) is 285 Å². The quantitative estimate of drug-likeness (QED) is 0.0548. The summed E-state index contributed by atoms with van der Waals surface area (Å²) in [5.41, 5.74) is -0.0192. The van der Waals surface area contributed by atoms with Crippen molar-refractivity contribution in [3.8, 4) is 39.5 Å². The molecule has 0 radical (unpaired) electrons. The first-order chi connectivity index (χ1) is 37.8. The summed E-state index contributed by atoms with van der Waals surface area (Å²) in [6, 6.07) is 82.0. The van der Waals surface area contributed by atoms with Crippen LogP contribution in [0.4, 0.5) is 26.3 Å². The second kappa shape index (κ2) is 20.6. The van der Waals surface area contributed by atoms with Gasteiger partial charge in [0.25, 0.3) is 0 Å². The van der Waals surface area contributed by atoms with E-state index in [9.17, 15) is 0 Å². The topological polar surface area (TPSA) is 46.2 Å². The van der Waals surface area contributed by atoms with Gasteiger partial charge in [-0.25, -0.2) is 0 Å². The first kappa shape index (κ1) is 51.8. The van der Waals surface area contributed by atoms with Gasteiger partial charge in [0.05, 0.1) is 0 Å². The van der Waals surface area contributed by atoms with Crippen LogP contribution in [0, 0.1) is 0 Å². The van der Waals surface area contributed by atoms with Crippen molar-refractivity contribution in [3.05, 3.63) is 296 Å². The van der Waals surface area contributed by atoms with Crippen molar-refractivity contribution in [1.82, 2.24) is 0 Å². The molecule has 388 valence electrons. The van der Waals surface area contributed by atoms with Gasteiger partial charge in [-0.1, -0.05) is 0 Å². The van der Waals surface area contributed by atoms with Crippen molar-refractivity contribution in [2.75, 3.05) is 0 Å². The van der Waals surface area contributed by atoms with Crippen LogP contribution in [-0.2, 0) is 21.2 Å². The van der Waals surface area contributed by atoms with E-state index in [4.69, 9.17) is 22.6 Å². The van der Waals surface area contributed by atoms with E-state index < -0.39 is 50.7 Å². The molecule has 0 aromatic heterocycles. The van der Waals surface area contributed by atoms with E-state index in [0.29, 0.717) is 55.5 Å². The van der Waals surface area contributed by atoms with Crippen LogP contribution < -0.4 is 45.5 Å².